The van der Waals surface area contributed by atoms with Crippen LogP contribution in [0, 0.1) is 22.6 Å². The van der Waals surface area contributed by atoms with Crippen LogP contribution in [0.1, 0.15) is 5.76 Å². The van der Waals surface area contributed by atoms with Crippen LogP contribution in [0.25, 0.3) is 0 Å². The molecular formula is C7H5ClO5. The van der Waals surface area contributed by atoms with E-state index in [1.165, 1.54) is 0 Å². The third-order valence-electron chi connectivity index (χ3n) is 0.775. The zero-order chi connectivity index (χ0) is 10.3. The number of halogens is 1. The second-order valence-electron chi connectivity index (χ2n) is 1.69. The SMILES string of the molecule is C#Cc1cccc[o+]1.[O-][Cl+3]([O-])([O-])[O-]. The van der Waals surface area contributed by atoms with Crippen LogP contribution in [-0.4, -0.2) is 0 Å². The normalized spacial score (nSPS) is 9.46. The molecule has 1 aromatic heterocycles. The third kappa shape index (κ3) is 10.8. The van der Waals surface area contributed by atoms with Gasteiger partial charge < -0.3 is 0 Å². The highest BCUT2D eigenvalue weighted by molar-refractivity contribution is 5.19. The minimum atomic E-state index is -4.94. The molecule has 70 valence electrons. The van der Waals surface area contributed by atoms with Crippen LogP contribution in [0.5, 0.6) is 0 Å². The van der Waals surface area contributed by atoms with Crippen LogP contribution in [0.4, 0.5) is 0 Å². The van der Waals surface area contributed by atoms with Crippen molar-refractivity contribution in [3.05, 3.63) is 30.2 Å². The van der Waals surface area contributed by atoms with Gasteiger partial charge in [-0.15, -0.1) is 16.7 Å². The summed E-state index contributed by atoms with van der Waals surface area (Å²) in [5, 5.41) is 0. The van der Waals surface area contributed by atoms with E-state index in [0.29, 0.717) is 5.76 Å². The monoisotopic (exact) mass is 204 g/mol. The van der Waals surface area contributed by atoms with Gasteiger partial charge in [0.1, 0.15) is 0 Å². The first-order valence-electron chi connectivity index (χ1n) is 2.88. The van der Waals surface area contributed by atoms with E-state index in [2.05, 4.69) is 5.92 Å². The molecule has 0 bridgehead atoms. The lowest BCUT2D eigenvalue weighted by Crippen LogP contribution is -2.68. The highest BCUT2D eigenvalue weighted by atomic mass is 35.7. The van der Waals surface area contributed by atoms with Crippen molar-refractivity contribution in [2.24, 2.45) is 0 Å². The fraction of sp³-hybridized carbons (Fsp3) is 0. The third-order valence-corrected chi connectivity index (χ3v) is 0.775. The molecule has 5 nitrogen and oxygen atoms in total. The Morgan fingerprint density at radius 3 is 2.00 bits per heavy atom. The molecule has 13 heavy (non-hydrogen) atoms. The molecule has 1 heterocycles. The quantitative estimate of drug-likeness (QED) is 0.327. The van der Waals surface area contributed by atoms with E-state index in [-0.39, 0.29) is 0 Å². The molecule has 0 fully saturated rings. The standard InChI is InChI=1S/C7H5O.ClHO4/c1-2-7-5-3-4-6-8-7;2-1(3,4)5/h1,3-6H;(H,2,3,4,5)/q+1;/p-1. The van der Waals surface area contributed by atoms with Gasteiger partial charge in [-0.1, -0.05) is 0 Å². The number of terminal acetylenes is 1. The van der Waals surface area contributed by atoms with Gasteiger partial charge in [0.25, 0.3) is 0 Å². The predicted molar refractivity (Wildman–Crippen MR) is 31.0 cm³/mol. The van der Waals surface area contributed by atoms with E-state index in [0.717, 1.165) is 0 Å². The Bertz CT molecular complexity index is 267. The van der Waals surface area contributed by atoms with E-state index in [1.54, 1.807) is 18.4 Å². The Kier molecular flexibility index (Phi) is 4.99. The second-order valence-corrected chi connectivity index (χ2v) is 2.45. The first-order chi connectivity index (χ1) is 5.93. The van der Waals surface area contributed by atoms with E-state index in [9.17, 15) is 0 Å². The van der Waals surface area contributed by atoms with Crippen molar-refractivity contribution >= 4 is 0 Å². The summed E-state index contributed by atoms with van der Waals surface area (Å²) in [6.07, 6.45) is 6.56. The van der Waals surface area contributed by atoms with Crippen LogP contribution < -0.4 is 18.6 Å². The molecule has 0 aliphatic carbocycles. The van der Waals surface area contributed by atoms with Crippen molar-refractivity contribution in [2.45, 2.75) is 0 Å². The molecule has 0 aliphatic heterocycles. The van der Waals surface area contributed by atoms with Gasteiger partial charge >= 0.3 is 12.0 Å². The smallest absolute Gasteiger partial charge is 0.222 e. The van der Waals surface area contributed by atoms with Gasteiger partial charge in [-0.3, -0.25) is 0 Å². The number of rotatable bonds is 0. The molecule has 0 radical (unpaired) electrons. The highest BCUT2D eigenvalue weighted by Gasteiger charge is 1.94. The van der Waals surface area contributed by atoms with Gasteiger partial charge in [0.15, 0.2) is 0 Å². The maximum atomic E-state index is 8.49. The largest absolute Gasteiger partial charge is 0.403 e. The summed E-state index contributed by atoms with van der Waals surface area (Å²) in [6.45, 7) is 0. The molecule has 0 unspecified atom stereocenters. The van der Waals surface area contributed by atoms with Crippen LogP contribution in [0.15, 0.2) is 28.9 Å². The van der Waals surface area contributed by atoms with E-state index >= 15 is 0 Å². The maximum absolute atomic E-state index is 8.49. The molecule has 0 saturated heterocycles. The van der Waals surface area contributed by atoms with Crippen LogP contribution >= 0.6 is 0 Å². The van der Waals surface area contributed by atoms with E-state index in [1.807, 2.05) is 6.07 Å². The molecule has 0 aromatic carbocycles. The average Bonchev–Trinajstić information content (AvgIpc) is 2.03. The van der Waals surface area contributed by atoms with E-state index in [4.69, 9.17) is 29.5 Å². The Labute approximate surface area is 76.6 Å². The van der Waals surface area contributed by atoms with Gasteiger partial charge in [-0.25, -0.2) is 23.1 Å². The summed E-state index contributed by atoms with van der Waals surface area (Å²) in [7, 11) is -4.94. The summed E-state index contributed by atoms with van der Waals surface area (Å²) >= 11 is 0. The van der Waals surface area contributed by atoms with Crippen molar-refractivity contribution in [3.8, 4) is 12.3 Å². The lowest BCUT2D eigenvalue weighted by molar-refractivity contribution is -2.00. The van der Waals surface area contributed by atoms with Crippen molar-refractivity contribution in [1.29, 1.82) is 0 Å². The summed E-state index contributed by atoms with van der Waals surface area (Å²) < 4.78 is 38.8. The summed E-state index contributed by atoms with van der Waals surface area (Å²) in [5.41, 5.74) is 0. The number of hydrogen-bond donors (Lipinski definition) is 0. The lowest BCUT2D eigenvalue weighted by Gasteiger charge is -2.17. The first kappa shape index (κ1) is 11.8. The fourth-order valence-corrected chi connectivity index (χ4v) is 0.422. The molecule has 0 atom stereocenters. The van der Waals surface area contributed by atoms with Crippen molar-refractivity contribution in [3.63, 3.8) is 0 Å². The molecule has 0 aliphatic rings. The summed E-state index contributed by atoms with van der Waals surface area (Å²) in [5.74, 6) is 2.92. The zero-order valence-corrected chi connectivity index (χ0v) is 7.06. The second kappa shape index (κ2) is 5.48. The summed E-state index contributed by atoms with van der Waals surface area (Å²) in [6, 6.07) is 5.35. The van der Waals surface area contributed by atoms with Crippen molar-refractivity contribution in [2.75, 3.05) is 0 Å². The van der Waals surface area contributed by atoms with Gasteiger partial charge in [0.2, 0.25) is 0 Å². The average molecular weight is 205 g/mol. The Hall–Kier alpha value is -1.16. The summed E-state index contributed by atoms with van der Waals surface area (Å²) in [4.78, 5) is 0. The molecule has 0 amide bonds. The molecule has 0 spiro atoms. The Balaban J connectivity index is 0.000000252. The minimum Gasteiger partial charge on any atom is -0.222 e. The first-order valence-corrected chi connectivity index (χ1v) is 4.12. The molecule has 6 heteroatoms. The van der Waals surface area contributed by atoms with Crippen LogP contribution in [-0.2, 0) is 0 Å². The van der Waals surface area contributed by atoms with E-state index < -0.39 is 10.2 Å². The van der Waals surface area contributed by atoms with Gasteiger partial charge in [-0.05, 0) is 6.07 Å². The van der Waals surface area contributed by atoms with Crippen molar-refractivity contribution in [1.82, 2.24) is 0 Å². The predicted octanol–water partition coefficient (Wildman–Crippen LogP) is -3.21. The van der Waals surface area contributed by atoms with Crippen LogP contribution in [0.2, 0.25) is 0 Å². The molecule has 1 rings (SSSR count). The minimum absolute atomic E-state index is 0.563. The van der Waals surface area contributed by atoms with Crippen LogP contribution in [0.3, 0.4) is 0 Å². The molecule has 0 saturated carbocycles. The molecule has 1 aromatic rings. The van der Waals surface area contributed by atoms with Crippen molar-refractivity contribution < 1.29 is 33.3 Å². The topological polar surface area (TPSA) is 104 Å². The zero-order valence-electron chi connectivity index (χ0n) is 6.31. The lowest BCUT2D eigenvalue weighted by atomic mass is 10.4. The van der Waals surface area contributed by atoms with Gasteiger partial charge in [-0.2, -0.15) is 0 Å². The Morgan fingerprint density at radius 1 is 1.23 bits per heavy atom. The van der Waals surface area contributed by atoms with Gasteiger partial charge in [0.05, 0.1) is 6.07 Å². The Morgan fingerprint density at radius 2 is 1.77 bits per heavy atom. The maximum Gasteiger partial charge on any atom is 0.403 e. The molecule has 0 N–H and O–H groups in total. The number of hydrogen-bond acceptors (Lipinski definition) is 4. The fourth-order valence-electron chi connectivity index (χ4n) is 0.422. The molecular weight excluding hydrogens is 200 g/mol. The highest BCUT2D eigenvalue weighted by Crippen LogP contribution is 1.92. The van der Waals surface area contributed by atoms with Gasteiger partial charge in [0, 0.05) is 12.0 Å².